The van der Waals surface area contributed by atoms with Gasteiger partial charge in [0, 0.05) is 25.7 Å². The molecule has 1 aromatic heterocycles. The third kappa shape index (κ3) is 3.81. The zero-order valence-electron chi connectivity index (χ0n) is 12.9. The summed E-state index contributed by atoms with van der Waals surface area (Å²) in [6.45, 7) is 3.91. The van der Waals surface area contributed by atoms with Gasteiger partial charge >= 0.3 is 0 Å². The molecule has 3 unspecified atom stereocenters. The zero-order chi connectivity index (χ0) is 15.4. The summed E-state index contributed by atoms with van der Waals surface area (Å²) in [6.07, 6.45) is 4.06. The predicted molar refractivity (Wildman–Crippen MR) is 82.6 cm³/mol. The molecule has 0 bridgehead atoms. The highest BCUT2D eigenvalue weighted by atomic mass is 32.1. The van der Waals surface area contributed by atoms with E-state index in [2.05, 4.69) is 10.3 Å². The van der Waals surface area contributed by atoms with Crippen LogP contribution in [0.4, 0.5) is 0 Å². The van der Waals surface area contributed by atoms with Gasteiger partial charge in [0.15, 0.2) is 0 Å². The van der Waals surface area contributed by atoms with Gasteiger partial charge in [-0.15, -0.1) is 11.3 Å². The van der Waals surface area contributed by atoms with E-state index in [1.165, 1.54) is 11.3 Å². The molecule has 1 aromatic rings. The van der Waals surface area contributed by atoms with Gasteiger partial charge in [-0.2, -0.15) is 0 Å². The lowest BCUT2D eigenvalue weighted by molar-refractivity contribution is 0.0876. The molecule has 0 radical (unpaired) electrons. The van der Waals surface area contributed by atoms with Crippen molar-refractivity contribution in [3.63, 3.8) is 0 Å². The average molecular weight is 312 g/mol. The maximum absolute atomic E-state index is 12.5. The first-order valence-electron chi connectivity index (χ1n) is 7.48. The SMILES string of the molecule is COC(C)c1nc(C)c(C(=O)NC2CCCCC2CO)s1. The van der Waals surface area contributed by atoms with Crippen LogP contribution in [0.15, 0.2) is 0 Å². The number of methoxy groups -OCH3 is 1. The fourth-order valence-electron chi connectivity index (χ4n) is 2.75. The third-order valence-corrected chi connectivity index (χ3v) is 5.50. The summed E-state index contributed by atoms with van der Waals surface area (Å²) < 4.78 is 5.25. The van der Waals surface area contributed by atoms with Gasteiger partial charge in [-0.05, 0) is 26.7 Å². The minimum Gasteiger partial charge on any atom is -0.396 e. The third-order valence-electron chi connectivity index (χ3n) is 4.18. The van der Waals surface area contributed by atoms with Gasteiger partial charge in [-0.3, -0.25) is 4.79 Å². The van der Waals surface area contributed by atoms with Crippen molar-refractivity contribution in [3.05, 3.63) is 15.6 Å². The molecule has 1 heterocycles. The Morgan fingerprint density at radius 2 is 2.24 bits per heavy atom. The summed E-state index contributed by atoms with van der Waals surface area (Å²) in [5.74, 6) is 0.0956. The van der Waals surface area contributed by atoms with Crippen molar-refractivity contribution in [2.24, 2.45) is 5.92 Å². The Morgan fingerprint density at radius 1 is 1.52 bits per heavy atom. The molecule has 0 aliphatic heterocycles. The van der Waals surface area contributed by atoms with Crippen molar-refractivity contribution in [1.29, 1.82) is 0 Å². The van der Waals surface area contributed by atoms with E-state index >= 15 is 0 Å². The highest BCUT2D eigenvalue weighted by Gasteiger charge is 2.27. The van der Waals surface area contributed by atoms with Crippen LogP contribution in [0.3, 0.4) is 0 Å². The largest absolute Gasteiger partial charge is 0.396 e. The fraction of sp³-hybridized carbons (Fsp3) is 0.733. The minimum absolute atomic E-state index is 0.0704. The number of thiazole rings is 1. The van der Waals surface area contributed by atoms with Crippen LogP contribution >= 0.6 is 11.3 Å². The van der Waals surface area contributed by atoms with Crippen molar-refractivity contribution in [2.45, 2.75) is 51.7 Å². The summed E-state index contributed by atoms with van der Waals surface area (Å²) >= 11 is 1.39. The highest BCUT2D eigenvalue weighted by Crippen LogP contribution is 2.27. The summed E-state index contributed by atoms with van der Waals surface area (Å²) in [5, 5.41) is 13.3. The van der Waals surface area contributed by atoms with Crippen LogP contribution in [0.5, 0.6) is 0 Å². The van der Waals surface area contributed by atoms with Crippen LogP contribution in [0.2, 0.25) is 0 Å². The molecule has 118 valence electrons. The molecule has 1 aliphatic carbocycles. The second kappa shape index (κ2) is 7.33. The van der Waals surface area contributed by atoms with Crippen LogP contribution in [-0.4, -0.2) is 35.8 Å². The van der Waals surface area contributed by atoms with Gasteiger partial charge in [-0.1, -0.05) is 12.8 Å². The van der Waals surface area contributed by atoms with Crippen LogP contribution in [0, 0.1) is 12.8 Å². The smallest absolute Gasteiger partial charge is 0.263 e. The molecule has 2 N–H and O–H groups in total. The molecular formula is C15H24N2O3S. The molecule has 0 spiro atoms. The molecule has 1 fully saturated rings. The Kier molecular flexibility index (Phi) is 5.72. The molecule has 2 rings (SSSR count). The molecule has 1 amide bonds. The number of aliphatic hydroxyl groups excluding tert-OH is 1. The first kappa shape index (κ1) is 16.4. The van der Waals surface area contributed by atoms with Crippen molar-refractivity contribution in [2.75, 3.05) is 13.7 Å². The molecule has 1 saturated carbocycles. The number of aliphatic hydroxyl groups is 1. The summed E-state index contributed by atoms with van der Waals surface area (Å²) in [5.41, 5.74) is 0.743. The van der Waals surface area contributed by atoms with E-state index in [0.717, 1.165) is 36.4 Å². The number of aromatic nitrogens is 1. The minimum atomic E-state index is -0.102. The number of hydrogen-bond acceptors (Lipinski definition) is 5. The molecular weight excluding hydrogens is 288 g/mol. The molecule has 21 heavy (non-hydrogen) atoms. The van der Waals surface area contributed by atoms with E-state index in [1.54, 1.807) is 7.11 Å². The van der Waals surface area contributed by atoms with E-state index in [-0.39, 0.29) is 30.6 Å². The Balaban J connectivity index is 2.07. The molecule has 5 nitrogen and oxygen atoms in total. The lowest BCUT2D eigenvalue weighted by Gasteiger charge is -2.30. The summed E-state index contributed by atoms with van der Waals surface area (Å²) in [6, 6.07) is 0.0704. The standard InChI is InChI=1S/C15H24N2O3S/c1-9-13(21-15(16-9)10(2)20-3)14(19)17-12-7-5-4-6-11(12)8-18/h10-12,18H,4-8H2,1-3H3,(H,17,19). The molecule has 6 heteroatoms. The highest BCUT2D eigenvalue weighted by molar-refractivity contribution is 7.13. The number of rotatable bonds is 5. The number of aryl methyl sites for hydroxylation is 1. The second-order valence-corrected chi connectivity index (χ2v) is 6.68. The molecule has 0 saturated heterocycles. The van der Waals surface area contributed by atoms with Crippen molar-refractivity contribution in [3.8, 4) is 0 Å². The van der Waals surface area contributed by atoms with E-state index < -0.39 is 0 Å². The predicted octanol–water partition coefficient (Wildman–Crippen LogP) is 2.44. The van der Waals surface area contributed by atoms with Gasteiger partial charge in [0.2, 0.25) is 0 Å². The second-order valence-electron chi connectivity index (χ2n) is 5.65. The van der Waals surface area contributed by atoms with E-state index in [9.17, 15) is 9.90 Å². The Labute approximate surface area is 129 Å². The Bertz CT molecular complexity index is 489. The lowest BCUT2D eigenvalue weighted by Crippen LogP contribution is -2.43. The quantitative estimate of drug-likeness (QED) is 0.876. The van der Waals surface area contributed by atoms with Gasteiger partial charge in [0.05, 0.1) is 5.69 Å². The number of carbonyl (C=O) groups is 1. The van der Waals surface area contributed by atoms with Gasteiger partial charge in [0.1, 0.15) is 16.0 Å². The van der Waals surface area contributed by atoms with Crippen LogP contribution < -0.4 is 5.32 Å². The average Bonchev–Trinajstić information content (AvgIpc) is 2.89. The van der Waals surface area contributed by atoms with E-state index in [1.807, 2.05) is 13.8 Å². The number of nitrogens with zero attached hydrogens (tertiary/aromatic N) is 1. The monoisotopic (exact) mass is 312 g/mol. The van der Waals surface area contributed by atoms with Crippen LogP contribution in [0.1, 0.15) is 59.1 Å². The normalized spacial score (nSPS) is 23.8. The topological polar surface area (TPSA) is 71.5 Å². The number of ether oxygens (including phenoxy) is 1. The first-order chi connectivity index (χ1) is 10.1. The van der Waals surface area contributed by atoms with Gasteiger partial charge in [-0.25, -0.2) is 4.98 Å². The first-order valence-corrected chi connectivity index (χ1v) is 8.30. The van der Waals surface area contributed by atoms with Crippen LogP contribution in [0.25, 0.3) is 0 Å². The van der Waals surface area contributed by atoms with E-state index in [0.29, 0.717) is 4.88 Å². The summed E-state index contributed by atoms with van der Waals surface area (Å²) in [7, 11) is 1.63. The molecule has 3 atom stereocenters. The Morgan fingerprint density at radius 3 is 2.90 bits per heavy atom. The Hall–Kier alpha value is -0.980. The zero-order valence-corrected chi connectivity index (χ0v) is 13.7. The fourth-order valence-corrected chi connectivity index (χ4v) is 3.75. The lowest BCUT2D eigenvalue weighted by atomic mass is 9.85. The van der Waals surface area contributed by atoms with Crippen molar-refractivity contribution in [1.82, 2.24) is 10.3 Å². The number of nitrogens with one attached hydrogen (secondary N) is 1. The number of hydrogen-bond donors (Lipinski definition) is 2. The van der Waals surface area contributed by atoms with Crippen LogP contribution in [-0.2, 0) is 4.74 Å². The molecule has 0 aromatic carbocycles. The maximum atomic E-state index is 12.5. The summed E-state index contributed by atoms with van der Waals surface area (Å²) in [4.78, 5) is 17.5. The van der Waals surface area contributed by atoms with Crippen molar-refractivity contribution >= 4 is 17.2 Å². The number of amides is 1. The van der Waals surface area contributed by atoms with Crippen molar-refractivity contribution < 1.29 is 14.6 Å². The maximum Gasteiger partial charge on any atom is 0.263 e. The van der Waals surface area contributed by atoms with Gasteiger partial charge < -0.3 is 15.2 Å². The molecule has 1 aliphatic rings. The number of carbonyl (C=O) groups excluding carboxylic acids is 1. The van der Waals surface area contributed by atoms with Gasteiger partial charge in [0.25, 0.3) is 5.91 Å². The van der Waals surface area contributed by atoms with E-state index in [4.69, 9.17) is 4.74 Å².